The lowest BCUT2D eigenvalue weighted by Gasteiger charge is -2.36. The van der Waals surface area contributed by atoms with Crippen molar-refractivity contribution in [1.29, 1.82) is 0 Å². The van der Waals surface area contributed by atoms with E-state index in [1.165, 1.54) is 19.1 Å². The summed E-state index contributed by atoms with van der Waals surface area (Å²) in [7, 11) is 3.02. The van der Waals surface area contributed by atoms with E-state index in [-0.39, 0.29) is 19.4 Å². The van der Waals surface area contributed by atoms with E-state index >= 15 is 0 Å². The zero-order chi connectivity index (χ0) is 23.7. The lowest BCUT2D eigenvalue weighted by molar-refractivity contribution is -0.141. The van der Waals surface area contributed by atoms with Crippen LogP contribution < -0.4 is 25.8 Å². The molecule has 172 valence electrons. The van der Waals surface area contributed by atoms with Gasteiger partial charge in [-0.2, -0.15) is 0 Å². The number of anilines is 1. The minimum atomic E-state index is -1.10. The van der Waals surface area contributed by atoms with Crippen molar-refractivity contribution in [3.63, 3.8) is 0 Å². The van der Waals surface area contributed by atoms with Gasteiger partial charge in [0, 0.05) is 13.0 Å². The Bertz CT molecular complexity index is 1150. The third-order valence-electron chi connectivity index (χ3n) is 5.91. The molecule has 0 unspecified atom stereocenters. The van der Waals surface area contributed by atoms with Crippen molar-refractivity contribution in [3.8, 4) is 11.5 Å². The van der Waals surface area contributed by atoms with Crippen molar-refractivity contribution in [2.24, 2.45) is 5.73 Å². The zero-order valence-corrected chi connectivity index (χ0v) is 18.2. The van der Waals surface area contributed by atoms with E-state index < -0.39 is 35.7 Å². The van der Waals surface area contributed by atoms with Crippen molar-refractivity contribution in [1.82, 2.24) is 10.2 Å². The van der Waals surface area contributed by atoms with Crippen LogP contribution in [0, 0.1) is 0 Å². The molecule has 33 heavy (non-hydrogen) atoms. The number of nitrogens with two attached hydrogens (primary N) is 1. The van der Waals surface area contributed by atoms with E-state index in [4.69, 9.17) is 15.2 Å². The first-order valence-electron chi connectivity index (χ1n) is 10.4. The van der Waals surface area contributed by atoms with Crippen LogP contribution >= 0.6 is 0 Å². The molecule has 0 saturated carbocycles. The third kappa shape index (κ3) is 4.19. The number of methoxy groups -OCH3 is 2. The molecule has 2 aromatic rings. The fourth-order valence-electron chi connectivity index (χ4n) is 4.18. The van der Waals surface area contributed by atoms with E-state index in [0.717, 1.165) is 11.1 Å². The molecule has 0 saturated heterocycles. The van der Waals surface area contributed by atoms with Crippen LogP contribution in [0.1, 0.15) is 27.9 Å². The molecule has 4 amide bonds. The summed E-state index contributed by atoms with van der Waals surface area (Å²) in [5.74, 6) is -1.11. The Morgan fingerprint density at radius 1 is 1.09 bits per heavy atom. The molecule has 0 fully saturated rings. The fourth-order valence-corrected chi connectivity index (χ4v) is 4.18. The second-order valence-corrected chi connectivity index (χ2v) is 7.88. The number of hydrogen-bond donors (Lipinski definition) is 3. The van der Waals surface area contributed by atoms with Crippen LogP contribution in [-0.4, -0.2) is 54.8 Å². The van der Waals surface area contributed by atoms with E-state index in [1.54, 1.807) is 36.4 Å². The maximum Gasteiger partial charge on any atom is 0.254 e. The van der Waals surface area contributed by atoms with Crippen LogP contribution in [0.3, 0.4) is 0 Å². The van der Waals surface area contributed by atoms with Crippen molar-refractivity contribution >= 4 is 29.3 Å². The summed E-state index contributed by atoms with van der Waals surface area (Å²) < 4.78 is 10.7. The van der Waals surface area contributed by atoms with E-state index in [2.05, 4.69) is 10.6 Å². The Kier molecular flexibility index (Phi) is 5.91. The van der Waals surface area contributed by atoms with Gasteiger partial charge in [0.25, 0.3) is 5.91 Å². The summed E-state index contributed by atoms with van der Waals surface area (Å²) in [6.07, 6.45) is -0.122. The Labute approximate surface area is 190 Å². The average Bonchev–Trinajstić information content (AvgIpc) is 2.92. The quantitative estimate of drug-likeness (QED) is 0.606. The van der Waals surface area contributed by atoms with Crippen LogP contribution in [0.15, 0.2) is 36.4 Å². The number of benzene rings is 2. The van der Waals surface area contributed by atoms with Crippen LogP contribution in [0.5, 0.6) is 11.5 Å². The number of primary amides is 1. The minimum Gasteiger partial charge on any atom is -0.493 e. The van der Waals surface area contributed by atoms with Gasteiger partial charge in [0.2, 0.25) is 17.7 Å². The van der Waals surface area contributed by atoms with Gasteiger partial charge in [-0.3, -0.25) is 19.2 Å². The highest BCUT2D eigenvalue weighted by atomic mass is 16.5. The van der Waals surface area contributed by atoms with Crippen LogP contribution in [-0.2, 0) is 27.3 Å². The monoisotopic (exact) mass is 452 g/mol. The molecule has 2 aliphatic rings. The van der Waals surface area contributed by atoms with Gasteiger partial charge in [-0.05, 0) is 35.4 Å². The van der Waals surface area contributed by atoms with Gasteiger partial charge >= 0.3 is 0 Å². The normalized spacial score (nSPS) is 19.4. The van der Waals surface area contributed by atoms with Crippen LogP contribution in [0.25, 0.3) is 0 Å². The summed E-state index contributed by atoms with van der Waals surface area (Å²) in [6, 6.07) is 8.10. The molecule has 0 aliphatic carbocycles. The van der Waals surface area contributed by atoms with Crippen LogP contribution in [0.2, 0.25) is 0 Å². The van der Waals surface area contributed by atoms with Gasteiger partial charge in [-0.1, -0.05) is 12.1 Å². The molecule has 0 bridgehead atoms. The second-order valence-electron chi connectivity index (χ2n) is 7.88. The number of ether oxygens (including phenoxy) is 2. The summed E-state index contributed by atoms with van der Waals surface area (Å²) >= 11 is 0. The third-order valence-corrected chi connectivity index (χ3v) is 5.91. The lowest BCUT2D eigenvalue weighted by atomic mass is 9.92. The number of carbonyl (C=O) groups excluding carboxylic acids is 4. The molecule has 10 heteroatoms. The first-order chi connectivity index (χ1) is 15.8. The molecule has 2 aromatic carbocycles. The molecule has 2 aliphatic heterocycles. The number of rotatable bonds is 5. The van der Waals surface area contributed by atoms with Gasteiger partial charge in [0.1, 0.15) is 12.1 Å². The Balaban J connectivity index is 1.58. The predicted octanol–water partition coefficient (Wildman–Crippen LogP) is 0.583. The SMILES string of the molecule is COc1cc2c(cc1OC)CN(C(=O)C[C@@H]1NC(=O)c3ccccc3NC1=O)[C@H](C(N)=O)C2. The minimum absolute atomic E-state index is 0.102. The Hall–Kier alpha value is -4.08. The molecule has 10 nitrogen and oxygen atoms in total. The van der Waals surface area contributed by atoms with Gasteiger partial charge in [-0.25, -0.2) is 0 Å². The number of hydrogen-bond acceptors (Lipinski definition) is 6. The van der Waals surface area contributed by atoms with E-state index in [1.807, 2.05) is 0 Å². The average molecular weight is 452 g/mol. The standard InChI is InChI=1S/C23H24N4O6/c1-32-18-8-12-7-17(21(24)29)27(11-13(12)9-19(18)33-2)20(28)10-16-23(31)25-15-6-4-3-5-14(15)22(30)26-16/h3-6,8-9,16-17H,7,10-11H2,1-2H3,(H2,24,29)(H,25,31)(H,26,30)/t16-,17-/m0/s1. The van der Waals surface area contributed by atoms with Crippen molar-refractivity contribution in [2.75, 3.05) is 19.5 Å². The highest BCUT2D eigenvalue weighted by Gasteiger charge is 2.37. The maximum absolute atomic E-state index is 13.2. The van der Waals surface area contributed by atoms with Gasteiger partial charge in [-0.15, -0.1) is 0 Å². The molecule has 4 rings (SSSR count). The Morgan fingerprint density at radius 2 is 1.76 bits per heavy atom. The molecular formula is C23H24N4O6. The lowest BCUT2D eigenvalue weighted by Crippen LogP contribution is -2.53. The first kappa shape index (κ1) is 22.1. The van der Waals surface area contributed by atoms with Crippen molar-refractivity contribution in [2.45, 2.75) is 31.5 Å². The molecule has 2 heterocycles. The molecule has 4 N–H and O–H groups in total. The number of fused-ring (bicyclic) bond motifs is 2. The molecule has 0 aromatic heterocycles. The van der Waals surface area contributed by atoms with Crippen molar-refractivity contribution in [3.05, 3.63) is 53.1 Å². The summed E-state index contributed by atoms with van der Waals surface area (Å²) in [5.41, 5.74) is 7.88. The fraction of sp³-hybridized carbons (Fsp3) is 0.304. The van der Waals surface area contributed by atoms with Gasteiger partial charge < -0.3 is 30.7 Å². The summed E-state index contributed by atoms with van der Waals surface area (Å²) in [4.78, 5) is 52.0. The summed E-state index contributed by atoms with van der Waals surface area (Å²) in [5, 5.41) is 5.27. The molecular weight excluding hydrogens is 428 g/mol. The predicted molar refractivity (Wildman–Crippen MR) is 118 cm³/mol. The van der Waals surface area contributed by atoms with Gasteiger partial charge in [0.15, 0.2) is 11.5 Å². The smallest absolute Gasteiger partial charge is 0.254 e. The number of para-hydroxylation sites is 1. The van der Waals surface area contributed by atoms with Gasteiger partial charge in [0.05, 0.1) is 31.9 Å². The summed E-state index contributed by atoms with van der Waals surface area (Å²) in [6.45, 7) is 0.102. The number of nitrogens with one attached hydrogen (secondary N) is 2. The highest BCUT2D eigenvalue weighted by Crippen LogP contribution is 2.35. The second kappa shape index (κ2) is 8.81. The Morgan fingerprint density at radius 3 is 2.42 bits per heavy atom. The molecule has 2 atom stereocenters. The topological polar surface area (TPSA) is 140 Å². The first-order valence-corrected chi connectivity index (χ1v) is 10.4. The molecule has 0 radical (unpaired) electrons. The van der Waals surface area contributed by atoms with Crippen LogP contribution in [0.4, 0.5) is 5.69 Å². The van der Waals surface area contributed by atoms with E-state index in [0.29, 0.717) is 22.7 Å². The van der Waals surface area contributed by atoms with E-state index in [9.17, 15) is 19.2 Å². The largest absolute Gasteiger partial charge is 0.493 e. The number of amides is 4. The molecule has 0 spiro atoms. The number of carbonyl (C=O) groups is 4. The maximum atomic E-state index is 13.2. The zero-order valence-electron chi connectivity index (χ0n) is 18.2. The number of nitrogens with zero attached hydrogens (tertiary/aromatic N) is 1. The van der Waals surface area contributed by atoms with Crippen molar-refractivity contribution < 1.29 is 28.7 Å². The highest BCUT2D eigenvalue weighted by molar-refractivity contribution is 6.10.